The van der Waals surface area contributed by atoms with E-state index in [9.17, 15) is 0 Å². The predicted octanol–water partition coefficient (Wildman–Crippen LogP) is 3.04. The average molecular weight is 307 g/mol. The fraction of sp³-hybridized carbons (Fsp3) is 0.294. The molecule has 0 bridgehead atoms. The van der Waals surface area contributed by atoms with E-state index in [0.29, 0.717) is 24.2 Å². The Kier molecular flexibility index (Phi) is 3.49. The summed E-state index contributed by atoms with van der Waals surface area (Å²) in [7, 11) is 1.96. The van der Waals surface area contributed by atoms with Crippen molar-refractivity contribution in [2.75, 3.05) is 11.9 Å². The van der Waals surface area contributed by atoms with E-state index in [2.05, 4.69) is 20.2 Å². The molecule has 6 heteroatoms. The number of hydrogen-bond acceptors (Lipinski definition) is 6. The average Bonchev–Trinajstić information content (AvgIpc) is 3.35. The Morgan fingerprint density at radius 3 is 2.74 bits per heavy atom. The van der Waals surface area contributed by atoms with Crippen LogP contribution < -0.4 is 4.90 Å². The standard InChI is InChI=1S/C17H17N5O/c1-22(15-9-14(12-7-8-12)18-11-19-15)10-16-20-21-17(23-16)13-5-3-2-4-6-13/h2-6,9,11-12H,7-8,10H2,1H3. The third-order valence-electron chi connectivity index (χ3n) is 3.92. The van der Waals surface area contributed by atoms with Crippen molar-refractivity contribution in [2.24, 2.45) is 0 Å². The summed E-state index contributed by atoms with van der Waals surface area (Å²) in [6.45, 7) is 0.515. The van der Waals surface area contributed by atoms with Gasteiger partial charge >= 0.3 is 0 Å². The molecule has 0 unspecified atom stereocenters. The van der Waals surface area contributed by atoms with Crippen LogP contribution in [0.15, 0.2) is 47.1 Å². The van der Waals surface area contributed by atoms with E-state index < -0.39 is 0 Å². The van der Waals surface area contributed by atoms with Crippen molar-refractivity contribution in [2.45, 2.75) is 25.3 Å². The first kappa shape index (κ1) is 13.9. The fourth-order valence-corrected chi connectivity index (χ4v) is 2.47. The molecular formula is C17H17N5O. The van der Waals surface area contributed by atoms with Gasteiger partial charge in [0.15, 0.2) is 0 Å². The highest BCUT2D eigenvalue weighted by molar-refractivity contribution is 5.51. The van der Waals surface area contributed by atoms with Gasteiger partial charge in [0.1, 0.15) is 12.1 Å². The van der Waals surface area contributed by atoms with E-state index in [1.165, 1.54) is 12.8 Å². The lowest BCUT2D eigenvalue weighted by molar-refractivity contribution is 0.502. The fourth-order valence-electron chi connectivity index (χ4n) is 2.47. The third-order valence-corrected chi connectivity index (χ3v) is 3.92. The molecule has 1 aliphatic carbocycles. The molecular weight excluding hydrogens is 290 g/mol. The lowest BCUT2D eigenvalue weighted by Crippen LogP contribution is -2.18. The van der Waals surface area contributed by atoms with Gasteiger partial charge in [0.05, 0.1) is 6.54 Å². The molecule has 1 aromatic carbocycles. The van der Waals surface area contributed by atoms with Crippen molar-refractivity contribution < 1.29 is 4.42 Å². The maximum atomic E-state index is 5.74. The topological polar surface area (TPSA) is 67.9 Å². The van der Waals surface area contributed by atoms with Crippen LogP contribution >= 0.6 is 0 Å². The molecule has 116 valence electrons. The monoisotopic (exact) mass is 307 g/mol. The minimum Gasteiger partial charge on any atom is -0.419 e. The molecule has 2 heterocycles. The zero-order valence-corrected chi connectivity index (χ0v) is 12.9. The van der Waals surface area contributed by atoms with Crippen molar-refractivity contribution in [1.29, 1.82) is 0 Å². The van der Waals surface area contributed by atoms with E-state index in [1.54, 1.807) is 6.33 Å². The van der Waals surface area contributed by atoms with E-state index in [1.807, 2.05) is 48.3 Å². The largest absolute Gasteiger partial charge is 0.419 e. The second-order valence-electron chi connectivity index (χ2n) is 5.80. The number of rotatable bonds is 5. The van der Waals surface area contributed by atoms with Gasteiger partial charge in [-0.3, -0.25) is 0 Å². The van der Waals surface area contributed by atoms with Gasteiger partial charge < -0.3 is 9.32 Å². The Morgan fingerprint density at radius 1 is 1.13 bits per heavy atom. The van der Waals surface area contributed by atoms with Gasteiger partial charge in [-0.1, -0.05) is 18.2 Å². The van der Waals surface area contributed by atoms with Crippen molar-refractivity contribution >= 4 is 5.82 Å². The van der Waals surface area contributed by atoms with Gasteiger partial charge in [-0.05, 0) is 25.0 Å². The molecule has 0 atom stereocenters. The molecule has 6 nitrogen and oxygen atoms in total. The Bertz CT molecular complexity index is 798. The van der Waals surface area contributed by atoms with Crippen LogP contribution in [0.2, 0.25) is 0 Å². The molecule has 1 aliphatic rings. The zero-order valence-electron chi connectivity index (χ0n) is 12.9. The first-order valence-corrected chi connectivity index (χ1v) is 7.70. The second kappa shape index (κ2) is 5.79. The summed E-state index contributed by atoms with van der Waals surface area (Å²) >= 11 is 0. The molecule has 1 saturated carbocycles. The van der Waals surface area contributed by atoms with Gasteiger partial charge in [-0.25, -0.2) is 9.97 Å². The summed E-state index contributed by atoms with van der Waals surface area (Å²) in [5.74, 6) is 2.59. The van der Waals surface area contributed by atoms with Crippen LogP contribution in [0.5, 0.6) is 0 Å². The Morgan fingerprint density at radius 2 is 1.96 bits per heavy atom. The molecule has 0 radical (unpaired) electrons. The Balaban J connectivity index is 1.49. The Labute approximate surface area is 134 Å². The summed E-state index contributed by atoms with van der Waals surface area (Å²) < 4.78 is 5.74. The molecule has 0 spiro atoms. The van der Waals surface area contributed by atoms with Gasteiger partial charge in [0.2, 0.25) is 11.8 Å². The minimum atomic E-state index is 0.515. The lowest BCUT2D eigenvalue weighted by Gasteiger charge is -2.16. The first-order valence-electron chi connectivity index (χ1n) is 7.70. The van der Waals surface area contributed by atoms with Crippen molar-refractivity contribution in [3.8, 4) is 11.5 Å². The molecule has 2 aromatic heterocycles. The quantitative estimate of drug-likeness (QED) is 0.721. The van der Waals surface area contributed by atoms with Crippen LogP contribution in [0.1, 0.15) is 30.3 Å². The van der Waals surface area contributed by atoms with Crippen LogP contribution in [0.25, 0.3) is 11.5 Å². The number of aromatic nitrogens is 4. The predicted molar refractivity (Wildman–Crippen MR) is 85.8 cm³/mol. The van der Waals surface area contributed by atoms with Crippen LogP contribution in [0.4, 0.5) is 5.82 Å². The normalized spacial score (nSPS) is 14.0. The molecule has 0 saturated heterocycles. The number of benzene rings is 1. The smallest absolute Gasteiger partial charge is 0.247 e. The number of nitrogens with zero attached hydrogens (tertiary/aromatic N) is 5. The number of anilines is 1. The van der Waals surface area contributed by atoms with E-state index in [0.717, 1.165) is 17.1 Å². The molecule has 3 aromatic rings. The first-order chi connectivity index (χ1) is 11.3. The number of hydrogen-bond donors (Lipinski definition) is 0. The van der Waals surface area contributed by atoms with E-state index in [-0.39, 0.29) is 0 Å². The highest BCUT2D eigenvalue weighted by Crippen LogP contribution is 2.39. The summed E-state index contributed by atoms with van der Waals surface area (Å²) in [6, 6.07) is 11.8. The van der Waals surface area contributed by atoms with Crippen molar-refractivity contribution in [3.63, 3.8) is 0 Å². The SMILES string of the molecule is CN(Cc1nnc(-c2ccccc2)o1)c1cc(C2CC2)ncn1. The summed E-state index contributed by atoms with van der Waals surface area (Å²) in [6.07, 6.45) is 4.08. The van der Waals surface area contributed by atoms with Gasteiger partial charge in [0, 0.05) is 30.3 Å². The van der Waals surface area contributed by atoms with Gasteiger partial charge in [0.25, 0.3) is 0 Å². The molecule has 1 fully saturated rings. The third kappa shape index (κ3) is 3.06. The lowest BCUT2D eigenvalue weighted by atomic mass is 10.2. The molecule has 0 aliphatic heterocycles. The van der Waals surface area contributed by atoms with Gasteiger partial charge in [-0.2, -0.15) is 0 Å². The zero-order chi connectivity index (χ0) is 15.6. The Hall–Kier alpha value is -2.76. The highest BCUT2D eigenvalue weighted by atomic mass is 16.4. The summed E-state index contributed by atoms with van der Waals surface area (Å²) in [5.41, 5.74) is 2.05. The van der Waals surface area contributed by atoms with Crippen molar-refractivity contribution in [3.05, 3.63) is 54.3 Å². The highest BCUT2D eigenvalue weighted by Gasteiger charge is 2.25. The van der Waals surface area contributed by atoms with Crippen LogP contribution in [-0.4, -0.2) is 27.2 Å². The molecule has 4 rings (SSSR count). The van der Waals surface area contributed by atoms with Crippen LogP contribution in [0.3, 0.4) is 0 Å². The summed E-state index contributed by atoms with van der Waals surface area (Å²) in [5, 5.41) is 8.24. The molecule has 0 N–H and O–H groups in total. The van der Waals surface area contributed by atoms with Crippen LogP contribution in [0, 0.1) is 0 Å². The van der Waals surface area contributed by atoms with E-state index >= 15 is 0 Å². The maximum absolute atomic E-state index is 5.74. The molecule has 0 amide bonds. The molecule has 23 heavy (non-hydrogen) atoms. The van der Waals surface area contributed by atoms with Crippen molar-refractivity contribution in [1.82, 2.24) is 20.2 Å². The van der Waals surface area contributed by atoms with E-state index in [4.69, 9.17) is 4.42 Å². The van der Waals surface area contributed by atoms with Crippen LogP contribution in [-0.2, 0) is 6.54 Å². The summed E-state index contributed by atoms with van der Waals surface area (Å²) in [4.78, 5) is 10.7. The maximum Gasteiger partial charge on any atom is 0.247 e. The van der Waals surface area contributed by atoms with Gasteiger partial charge in [-0.15, -0.1) is 10.2 Å². The second-order valence-corrected chi connectivity index (χ2v) is 5.80. The minimum absolute atomic E-state index is 0.515.